The zero-order chi connectivity index (χ0) is 20.7. The number of terminal acetylenes is 1. The van der Waals surface area contributed by atoms with E-state index >= 15 is 0 Å². The molecule has 0 aliphatic carbocycles. The van der Waals surface area contributed by atoms with Gasteiger partial charge in [-0.25, -0.2) is 4.98 Å². The highest BCUT2D eigenvalue weighted by Gasteiger charge is 2.49. The van der Waals surface area contributed by atoms with Crippen molar-refractivity contribution in [1.82, 2.24) is 19.5 Å². The number of anilines is 1. The van der Waals surface area contributed by atoms with Gasteiger partial charge in [-0.15, -0.1) is 6.42 Å². The minimum absolute atomic E-state index is 0.0379. The molecule has 0 unspecified atom stereocenters. The summed E-state index contributed by atoms with van der Waals surface area (Å²) in [6, 6.07) is 0. The van der Waals surface area contributed by atoms with E-state index in [1.165, 1.54) is 10.9 Å². The van der Waals surface area contributed by atoms with Crippen molar-refractivity contribution in [2.45, 2.75) is 37.0 Å². The molecule has 13 heteroatoms. The van der Waals surface area contributed by atoms with Gasteiger partial charge in [0.05, 0.1) is 6.33 Å². The Morgan fingerprint density at radius 3 is 2.89 bits per heavy atom. The second-order valence-corrected chi connectivity index (χ2v) is 6.01. The van der Waals surface area contributed by atoms with Crippen molar-refractivity contribution in [3.63, 3.8) is 0 Å². The summed E-state index contributed by atoms with van der Waals surface area (Å²) >= 11 is 0. The van der Waals surface area contributed by atoms with Crippen molar-refractivity contribution in [3.05, 3.63) is 12.4 Å². The molecule has 3 N–H and O–H groups in total. The number of imidazole rings is 1. The molecule has 3 atom stereocenters. The Labute approximate surface area is 154 Å². The van der Waals surface area contributed by atoms with Crippen molar-refractivity contribution in [1.29, 1.82) is 0 Å². The highest BCUT2D eigenvalue weighted by molar-refractivity contribution is 5.81. The predicted molar refractivity (Wildman–Crippen MR) is 83.6 cm³/mol. The van der Waals surface area contributed by atoms with Crippen molar-refractivity contribution in [2.75, 3.05) is 12.3 Å². The van der Waals surface area contributed by atoms with Crippen LogP contribution in [-0.4, -0.2) is 55.1 Å². The number of carbonyl (C=O) groups is 1. The lowest BCUT2D eigenvalue weighted by molar-refractivity contribution is -0.179. The van der Waals surface area contributed by atoms with Gasteiger partial charge in [0.15, 0.2) is 22.6 Å². The lowest BCUT2D eigenvalue weighted by atomic mass is 9.99. The van der Waals surface area contributed by atoms with Gasteiger partial charge in [-0.05, 0) is 0 Å². The van der Waals surface area contributed by atoms with E-state index in [0.29, 0.717) is 0 Å². The minimum atomic E-state index is -4.75. The first kappa shape index (κ1) is 19.8. The van der Waals surface area contributed by atoms with Crippen LogP contribution in [0.15, 0.2) is 6.33 Å². The number of hydrogen-bond acceptors (Lipinski definition) is 8. The molecule has 2 aromatic heterocycles. The van der Waals surface area contributed by atoms with Crippen LogP contribution in [0.2, 0.25) is 0 Å². The fraction of sp³-hybridized carbons (Fsp3) is 0.467. The number of halogens is 4. The van der Waals surface area contributed by atoms with Gasteiger partial charge in [0, 0.05) is 6.42 Å². The Morgan fingerprint density at radius 1 is 1.54 bits per heavy atom. The summed E-state index contributed by atoms with van der Waals surface area (Å²) in [5, 5.41) is 10.3. The first-order valence-corrected chi connectivity index (χ1v) is 7.76. The molecule has 28 heavy (non-hydrogen) atoms. The van der Waals surface area contributed by atoms with Gasteiger partial charge in [-0.2, -0.15) is 27.5 Å². The third-order valence-electron chi connectivity index (χ3n) is 4.08. The monoisotopic (exact) mass is 403 g/mol. The van der Waals surface area contributed by atoms with Crippen molar-refractivity contribution in [2.24, 2.45) is 0 Å². The number of nitrogen functional groups attached to an aromatic ring is 1. The largest absolute Gasteiger partial charge is 0.461 e. The molecule has 150 valence electrons. The zero-order valence-electron chi connectivity index (χ0n) is 14.0. The summed E-state index contributed by atoms with van der Waals surface area (Å²) in [6.07, 6.45) is -3.68. The van der Waals surface area contributed by atoms with E-state index in [-0.39, 0.29) is 23.4 Å². The minimum Gasteiger partial charge on any atom is -0.461 e. The van der Waals surface area contributed by atoms with Gasteiger partial charge in [-0.3, -0.25) is 9.36 Å². The Morgan fingerprint density at radius 2 is 2.25 bits per heavy atom. The van der Waals surface area contributed by atoms with Crippen LogP contribution in [-0.2, 0) is 14.3 Å². The maximum Gasteiger partial charge on any atom is 0.399 e. The highest BCUT2D eigenvalue weighted by atomic mass is 19.4. The molecule has 0 spiro atoms. The van der Waals surface area contributed by atoms with Gasteiger partial charge in [-0.1, -0.05) is 5.92 Å². The molecule has 3 heterocycles. The van der Waals surface area contributed by atoms with E-state index in [1.54, 1.807) is 0 Å². The average Bonchev–Trinajstić information content (AvgIpc) is 3.13. The third kappa shape index (κ3) is 3.69. The number of ether oxygens (including phenoxy) is 2. The predicted octanol–water partition coefficient (Wildman–Crippen LogP) is 0.695. The second kappa shape index (κ2) is 6.88. The lowest BCUT2D eigenvalue weighted by Gasteiger charge is -2.26. The SMILES string of the molecule is C#C[C@]1(COC(=O)CC(F)(F)F)O[C@@H](n2cnc3c(N)nc(F)nc32)C[C@@H]1O. The summed E-state index contributed by atoms with van der Waals surface area (Å²) in [5.74, 6) is 0.322. The van der Waals surface area contributed by atoms with E-state index in [0.717, 1.165) is 0 Å². The first-order chi connectivity index (χ1) is 13.0. The van der Waals surface area contributed by atoms with Crippen LogP contribution >= 0.6 is 0 Å². The molecule has 1 aliphatic heterocycles. The second-order valence-electron chi connectivity index (χ2n) is 6.01. The Hall–Kier alpha value is -2.98. The number of nitrogens with zero attached hydrogens (tertiary/aromatic N) is 4. The molecule has 0 aromatic carbocycles. The smallest absolute Gasteiger partial charge is 0.399 e. The summed E-state index contributed by atoms with van der Waals surface area (Å²) in [4.78, 5) is 22.1. The Balaban J connectivity index is 1.81. The van der Waals surface area contributed by atoms with E-state index in [2.05, 4.69) is 25.6 Å². The number of carbonyl (C=O) groups excluding carboxylic acids is 1. The molecule has 0 saturated carbocycles. The van der Waals surface area contributed by atoms with Gasteiger partial charge in [0.2, 0.25) is 0 Å². The Kier molecular flexibility index (Phi) is 4.86. The van der Waals surface area contributed by atoms with Crippen molar-refractivity contribution >= 4 is 23.0 Å². The molecule has 9 nitrogen and oxygen atoms in total. The normalized spacial score (nSPS) is 25.0. The number of nitrogens with two attached hydrogens (primary N) is 1. The van der Waals surface area contributed by atoms with Gasteiger partial charge >= 0.3 is 18.2 Å². The van der Waals surface area contributed by atoms with E-state index in [1.807, 2.05) is 0 Å². The molecule has 2 aromatic rings. The number of aromatic nitrogens is 4. The summed E-state index contributed by atoms with van der Waals surface area (Å²) in [5.41, 5.74) is 3.71. The molecular formula is C15H13F4N5O4. The molecule has 0 bridgehead atoms. The number of rotatable bonds is 4. The topological polar surface area (TPSA) is 125 Å². The fourth-order valence-electron chi connectivity index (χ4n) is 2.75. The van der Waals surface area contributed by atoms with E-state index in [9.17, 15) is 27.5 Å². The van der Waals surface area contributed by atoms with E-state index < -0.39 is 49.2 Å². The lowest BCUT2D eigenvalue weighted by Crippen LogP contribution is -2.43. The number of hydrogen-bond donors (Lipinski definition) is 2. The summed E-state index contributed by atoms with van der Waals surface area (Å²) in [7, 11) is 0. The van der Waals surface area contributed by atoms with Gasteiger partial charge < -0.3 is 20.3 Å². The summed E-state index contributed by atoms with van der Waals surface area (Å²) < 4.78 is 61.5. The number of esters is 1. The van der Waals surface area contributed by atoms with Gasteiger partial charge in [0.1, 0.15) is 25.4 Å². The average molecular weight is 403 g/mol. The van der Waals surface area contributed by atoms with Crippen LogP contribution in [0.3, 0.4) is 0 Å². The molecule has 3 rings (SSSR count). The molecular weight excluding hydrogens is 390 g/mol. The van der Waals surface area contributed by atoms with Crippen LogP contribution in [0.4, 0.5) is 23.4 Å². The molecule has 1 fully saturated rings. The van der Waals surface area contributed by atoms with Crippen LogP contribution in [0.5, 0.6) is 0 Å². The first-order valence-electron chi connectivity index (χ1n) is 7.76. The summed E-state index contributed by atoms with van der Waals surface area (Å²) in [6.45, 7) is -0.811. The standard InChI is InChI=1S/C15H13F4N5O4/c1-2-14(5-27-9(26)4-15(17,18)19)7(25)3-8(28-14)24-6-21-10-11(20)22-13(16)23-12(10)24/h1,6-8,25H,3-5H2,(H2,20,22,23)/t7-,8+,14+/m0/s1. The van der Waals surface area contributed by atoms with Crippen LogP contribution in [0.25, 0.3) is 11.2 Å². The number of fused-ring (bicyclic) bond motifs is 1. The maximum absolute atomic E-state index is 13.5. The number of aliphatic hydroxyl groups is 1. The number of aliphatic hydroxyl groups excluding tert-OH is 1. The third-order valence-corrected chi connectivity index (χ3v) is 4.08. The Bertz CT molecular complexity index is 956. The zero-order valence-corrected chi connectivity index (χ0v) is 14.0. The van der Waals surface area contributed by atoms with Gasteiger partial charge in [0.25, 0.3) is 0 Å². The molecule has 1 saturated heterocycles. The molecule has 1 aliphatic rings. The van der Waals surface area contributed by atoms with Crippen molar-refractivity contribution in [3.8, 4) is 12.3 Å². The van der Waals surface area contributed by atoms with Crippen LogP contribution in [0, 0.1) is 18.4 Å². The van der Waals surface area contributed by atoms with Crippen LogP contribution < -0.4 is 5.73 Å². The quantitative estimate of drug-likeness (QED) is 0.331. The van der Waals surface area contributed by atoms with Crippen molar-refractivity contribution < 1.29 is 36.9 Å². The van der Waals surface area contributed by atoms with E-state index in [4.69, 9.17) is 16.9 Å². The molecule has 0 amide bonds. The maximum atomic E-state index is 13.5. The fourth-order valence-corrected chi connectivity index (χ4v) is 2.75. The molecule has 0 radical (unpaired) electrons. The highest BCUT2D eigenvalue weighted by Crippen LogP contribution is 2.38. The van der Waals surface area contributed by atoms with Crippen LogP contribution in [0.1, 0.15) is 19.1 Å². The number of alkyl halides is 3.